The number of amides is 1. The van der Waals surface area contributed by atoms with E-state index < -0.39 is 23.3 Å². The zero-order valence-corrected chi connectivity index (χ0v) is 11.8. The van der Waals surface area contributed by atoms with Crippen molar-refractivity contribution in [3.63, 3.8) is 0 Å². The van der Waals surface area contributed by atoms with Gasteiger partial charge in [0, 0.05) is 13.1 Å². The van der Waals surface area contributed by atoms with Gasteiger partial charge in [-0.05, 0) is 30.4 Å². The zero-order chi connectivity index (χ0) is 15.8. The predicted molar refractivity (Wildman–Crippen MR) is 70.9 cm³/mol. The number of aromatic nitrogens is 1. The summed E-state index contributed by atoms with van der Waals surface area (Å²) in [6, 6.07) is 1.68. The van der Waals surface area contributed by atoms with Crippen molar-refractivity contribution in [1.29, 1.82) is 0 Å². The van der Waals surface area contributed by atoms with Gasteiger partial charge in [0.25, 0.3) is 11.5 Å². The molecule has 0 spiro atoms. The quantitative estimate of drug-likeness (QED) is 0.866. The minimum absolute atomic E-state index is 0.246. The second-order valence-electron chi connectivity index (χ2n) is 5.77. The molecule has 4 nitrogen and oxygen atoms in total. The highest BCUT2D eigenvalue weighted by molar-refractivity contribution is 5.93. The molecule has 2 rings (SSSR count). The summed E-state index contributed by atoms with van der Waals surface area (Å²) in [5.74, 6) is 0.112. The molecule has 0 radical (unpaired) electrons. The van der Waals surface area contributed by atoms with Crippen LogP contribution >= 0.6 is 0 Å². The number of nitrogens with zero attached hydrogens (tertiary/aromatic N) is 1. The van der Waals surface area contributed by atoms with E-state index in [9.17, 15) is 22.8 Å². The Bertz CT molecular complexity index is 585. The first-order valence-corrected chi connectivity index (χ1v) is 6.78. The van der Waals surface area contributed by atoms with Crippen LogP contribution in [0.3, 0.4) is 0 Å². The van der Waals surface area contributed by atoms with Crippen molar-refractivity contribution in [2.45, 2.75) is 26.4 Å². The Hall–Kier alpha value is -1.79. The maximum Gasteiger partial charge on any atom is 0.431 e. The van der Waals surface area contributed by atoms with Gasteiger partial charge in [0.15, 0.2) is 0 Å². The first-order valence-electron chi connectivity index (χ1n) is 6.78. The molecule has 1 fully saturated rings. The number of hydrogen-bond acceptors (Lipinski definition) is 2. The van der Waals surface area contributed by atoms with Crippen molar-refractivity contribution in [1.82, 2.24) is 9.88 Å². The number of alkyl halides is 3. The standard InChI is InChI=1S/C14H17F3N2O2/c1-8-5-9(2)7-19(6-8)13(21)10-3-4-11(14(15,16)17)18-12(10)20/h3-4,8-9H,5-7H2,1-2H3,(H,18,20). The van der Waals surface area contributed by atoms with Gasteiger partial charge < -0.3 is 9.88 Å². The number of hydrogen-bond donors (Lipinski definition) is 1. The normalized spacial score (nSPS) is 23.2. The van der Waals surface area contributed by atoms with E-state index in [-0.39, 0.29) is 5.56 Å². The third-order valence-corrected chi connectivity index (χ3v) is 3.60. The van der Waals surface area contributed by atoms with Crippen LogP contribution in [0.2, 0.25) is 0 Å². The number of halogens is 3. The first-order chi connectivity index (χ1) is 9.68. The largest absolute Gasteiger partial charge is 0.431 e. The van der Waals surface area contributed by atoms with Crippen LogP contribution in [-0.2, 0) is 6.18 Å². The summed E-state index contributed by atoms with van der Waals surface area (Å²) in [4.78, 5) is 27.3. The number of piperidine rings is 1. The Balaban J connectivity index is 2.26. The Kier molecular flexibility index (Phi) is 4.11. The highest BCUT2D eigenvalue weighted by Gasteiger charge is 2.33. The van der Waals surface area contributed by atoms with Gasteiger partial charge in [0.1, 0.15) is 11.3 Å². The number of aromatic amines is 1. The molecule has 2 atom stereocenters. The van der Waals surface area contributed by atoms with Gasteiger partial charge >= 0.3 is 6.18 Å². The molecule has 0 aliphatic carbocycles. The van der Waals surface area contributed by atoms with E-state index in [1.54, 1.807) is 4.98 Å². The van der Waals surface area contributed by atoms with Gasteiger partial charge in [-0.3, -0.25) is 9.59 Å². The molecule has 1 aromatic rings. The Morgan fingerprint density at radius 1 is 1.24 bits per heavy atom. The molecule has 7 heteroatoms. The monoisotopic (exact) mass is 302 g/mol. The molecular weight excluding hydrogens is 285 g/mol. The van der Waals surface area contributed by atoms with E-state index in [0.29, 0.717) is 24.9 Å². The Labute approximate surface area is 120 Å². The third kappa shape index (κ3) is 3.46. The number of carbonyl (C=O) groups excluding carboxylic acids is 1. The van der Waals surface area contributed by atoms with Crippen molar-refractivity contribution in [3.05, 3.63) is 33.7 Å². The minimum atomic E-state index is -4.63. The van der Waals surface area contributed by atoms with Crippen LogP contribution in [0.25, 0.3) is 0 Å². The van der Waals surface area contributed by atoms with Crippen molar-refractivity contribution in [3.8, 4) is 0 Å². The summed E-state index contributed by atoms with van der Waals surface area (Å²) in [6.45, 7) is 5.05. The summed E-state index contributed by atoms with van der Waals surface area (Å²) < 4.78 is 37.5. The molecule has 2 heterocycles. The van der Waals surface area contributed by atoms with Crippen LogP contribution in [0, 0.1) is 11.8 Å². The molecule has 1 saturated heterocycles. The third-order valence-electron chi connectivity index (χ3n) is 3.60. The van der Waals surface area contributed by atoms with E-state index in [4.69, 9.17) is 0 Å². The van der Waals surface area contributed by atoms with E-state index in [1.165, 1.54) is 4.90 Å². The van der Waals surface area contributed by atoms with Crippen molar-refractivity contribution >= 4 is 5.91 Å². The average molecular weight is 302 g/mol. The molecule has 0 saturated carbocycles. The predicted octanol–water partition coefficient (Wildman–Crippen LogP) is 2.51. The van der Waals surface area contributed by atoms with E-state index >= 15 is 0 Å². The molecule has 2 unspecified atom stereocenters. The van der Waals surface area contributed by atoms with Gasteiger partial charge in [-0.2, -0.15) is 13.2 Å². The zero-order valence-electron chi connectivity index (χ0n) is 11.8. The van der Waals surface area contributed by atoms with Gasteiger partial charge in [-0.15, -0.1) is 0 Å². The van der Waals surface area contributed by atoms with Gasteiger partial charge in [-0.25, -0.2) is 0 Å². The highest BCUT2D eigenvalue weighted by Crippen LogP contribution is 2.27. The van der Waals surface area contributed by atoms with Crippen LogP contribution in [0.15, 0.2) is 16.9 Å². The Morgan fingerprint density at radius 3 is 2.29 bits per heavy atom. The van der Waals surface area contributed by atoms with E-state index in [0.717, 1.165) is 18.6 Å². The molecule has 1 amide bonds. The molecule has 1 aliphatic rings. The van der Waals surface area contributed by atoms with E-state index in [1.807, 2.05) is 13.8 Å². The van der Waals surface area contributed by atoms with Gasteiger partial charge in [0.05, 0.1) is 0 Å². The number of likely N-dealkylation sites (tertiary alicyclic amines) is 1. The lowest BCUT2D eigenvalue weighted by molar-refractivity contribution is -0.141. The van der Waals surface area contributed by atoms with Gasteiger partial charge in [0.2, 0.25) is 0 Å². The second-order valence-corrected chi connectivity index (χ2v) is 5.77. The lowest BCUT2D eigenvalue weighted by atomic mass is 9.91. The summed E-state index contributed by atoms with van der Waals surface area (Å²) in [6.07, 6.45) is -3.64. The lowest BCUT2D eigenvalue weighted by Gasteiger charge is -2.34. The van der Waals surface area contributed by atoms with Crippen LogP contribution in [0.5, 0.6) is 0 Å². The fourth-order valence-corrected chi connectivity index (χ4v) is 2.81. The topological polar surface area (TPSA) is 53.2 Å². The first kappa shape index (κ1) is 15.6. The van der Waals surface area contributed by atoms with Crippen molar-refractivity contribution < 1.29 is 18.0 Å². The number of rotatable bonds is 1. The average Bonchev–Trinajstić information content (AvgIpc) is 2.35. The molecule has 21 heavy (non-hydrogen) atoms. The molecule has 1 aromatic heterocycles. The van der Waals surface area contributed by atoms with E-state index in [2.05, 4.69) is 0 Å². The number of H-pyrrole nitrogens is 1. The SMILES string of the molecule is CC1CC(C)CN(C(=O)c2ccc(C(F)(F)F)[nH]c2=O)C1. The molecule has 1 N–H and O–H groups in total. The van der Waals surface area contributed by atoms with Crippen molar-refractivity contribution in [2.75, 3.05) is 13.1 Å². The molecule has 0 aromatic carbocycles. The van der Waals surface area contributed by atoms with Gasteiger partial charge in [-0.1, -0.05) is 13.8 Å². The summed E-state index contributed by atoms with van der Waals surface area (Å²) in [5, 5.41) is 0. The second kappa shape index (κ2) is 5.54. The fraction of sp³-hybridized carbons (Fsp3) is 0.571. The number of pyridine rings is 1. The minimum Gasteiger partial charge on any atom is -0.338 e. The molecular formula is C14H17F3N2O2. The maximum atomic E-state index is 12.5. The Morgan fingerprint density at radius 2 is 1.81 bits per heavy atom. The molecule has 1 aliphatic heterocycles. The van der Waals surface area contributed by atoms with Crippen LogP contribution in [0.4, 0.5) is 13.2 Å². The lowest BCUT2D eigenvalue weighted by Crippen LogP contribution is -2.44. The number of nitrogens with one attached hydrogen (secondary N) is 1. The summed E-state index contributed by atoms with van der Waals surface area (Å²) in [5.41, 5.74) is -2.39. The smallest absolute Gasteiger partial charge is 0.338 e. The van der Waals surface area contributed by atoms with Crippen LogP contribution in [-0.4, -0.2) is 28.9 Å². The number of carbonyl (C=O) groups is 1. The van der Waals surface area contributed by atoms with Crippen LogP contribution < -0.4 is 5.56 Å². The van der Waals surface area contributed by atoms with Crippen LogP contribution in [0.1, 0.15) is 36.3 Å². The maximum absolute atomic E-state index is 12.5. The molecule has 0 bridgehead atoms. The fourth-order valence-electron chi connectivity index (χ4n) is 2.81. The van der Waals surface area contributed by atoms with Crippen molar-refractivity contribution in [2.24, 2.45) is 11.8 Å². The summed E-state index contributed by atoms with van der Waals surface area (Å²) >= 11 is 0. The molecule has 116 valence electrons. The summed E-state index contributed by atoms with van der Waals surface area (Å²) in [7, 11) is 0. The highest BCUT2D eigenvalue weighted by atomic mass is 19.4.